The molecule has 0 bridgehead atoms. The minimum Gasteiger partial charge on any atom is -0.428 e. The standard InChI is InChI=1S/C20H16N2O14/c23-17(31-11-33-19(25)35-15-5-1-13(2-6-15)21(27)28)9-10-18(24)32-12-34-20(26)36-16-7-3-14(4-8-16)22(29)30/h1-8H,9-12H2. The van der Waals surface area contributed by atoms with Crippen molar-refractivity contribution in [3.8, 4) is 11.5 Å². The maximum absolute atomic E-state index is 11.6. The molecule has 0 aromatic heterocycles. The van der Waals surface area contributed by atoms with Crippen LogP contribution in [0.5, 0.6) is 11.5 Å². The number of carbonyl (C=O) groups is 4. The molecule has 0 radical (unpaired) electrons. The van der Waals surface area contributed by atoms with Crippen LogP contribution in [0.15, 0.2) is 48.5 Å². The predicted octanol–water partition coefficient (Wildman–Crippen LogP) is 3.02. The van der Waals surface area contributed by atoms with Gasteiger partial charge in [0.2, 0.25) is 13.6 Å². The average molecular weight is 508 g/mol. The van der Waals surface area contributed by atoms with Crippen LogP contribution in [0.25, 0.3) is 0 Å². The third kappa shape index (κ3) is 9.69. The fourth-order valence-corrected chi connectivity index (χ4v) is 2.16. The quantitative estimate of drug-likeness (QED) is 0.140. The van der Waals surface area contributed by atoms with Crippen molar-refractivity contribution < 1.29 is 57.4 Å². The van der Waals surface area contributed by atoms with Gasteiger partial charge in [-0.1, -0.05) is 0 Å². The van der Waals surface area contributed by atoms with Gasteiger partial charge in [-0.2, -0.15) is 0 Å². The summed E-state index contributed by atoms with van der Waals surface area (Å²) in [4.78, 5) is 65.9. The molecule has 0 atom stereocenters. The molecule has 2 aromatic carbocycles. The van der Waals surface area contributed by atoms with Crippen LogP contribution in [0.2, 0.25) is 0 Å². The molecule has 16 heteroatoms. The van der Waals surface area contributed by atoms with Gasteiger partial charge in [0.05, 0.1) is 22.7 Å². The molecule has 2 rings (SSSR count). The van der Waals surface area contributed by atoms with Crippen LogP contribution in [-0.4, -0.2) is 47.7 Å². The zero-order valence-corrected chi connectivity index (χ0v) is 18.1. The summed E-state index contributed by atoms with van der Waals surface area (Å²) < 4.78 is 27.6. The zero-order chi connectivity index (χ0) is 26.5. The summed E-state index contributed by atoms with van der Waals surface area (Å²) in [5.74, 6) is -1.93. The van der Waals surface area contributed by atoms with E-state index in [0.717, 1.165) is 48.5 Å². The molecule has 0 amide bonds. The summed E-state index contributed by atoms with van der Waals surface area (Å²) in [6.07, 6.45) is -3.39. The second kappa shape index (κ2) is 13.4. The van der Waals surface area contributed by atoms with Gasteiger partial charge in [-0.15, -0.1) is 0 Å². The molecule has 0 aliphatic rings. The van der Waals surface area contributed by atoms with Gasteiger partial charge >= 0.3 is 24.2 Å². The van der Waals surface area contributed by atoms with Crippen molar-refractivity contribution in [3.05, 3.63) is 68.8 Å². The lowest BCUT2D eigenvalue weighted by Crippen LogP contribution is -2.18. The summed E-state index contributed by atoms with van der Waals surface area (Å²) in [7, 11) is 0. The van der Waals surface area contributed by atoms with Crippen molar-refractivity contribution in [3.63, 3.8) is 0 Å². The number of benzene rings is 2. The predicted molar refractivity (Wildman–Crippen MR) is 112 cm³/mol. The molecule has 2 aromatic rings. The normalized spacial score (nSPS) is 9.89. The van der Waals surface area contributed by atoms with Crippen molar-refractivity contribution in [2.24, 2.45) is 0 Å². The van der Waals surface area contributed by atoms with Crippen LogP contribution in [0.4, 0.5) is 21.0 Å². The number of carbonyl (C=O) groups excluding carboxylic acids is 4. The number of nitrogens with zero attached hydrogens (tertiary/aromatic N) is 2. The Balaban J connectivity index is 1.56. The highest BCUT2D eigenvalue weighted by Gasteiger charge is 2.14. The maximum atomic E-state index is 11.6. The summed E-state index contributed by atoms with van der Waals surface area (Å²) in [6, 6.07) is 9.07. The largest absolute Gasteiger partial charge is 0.516 e. The topological polar surface area (TPSA) is 210 Å². The van der Waals surface area contributed by atoms with Gasteiger partial charge in [-0.25, -0.2) is 9.59 Å². The number of non-ortho nitro benzene ring substituents is 2. The van der Waals surface area contributed by atoms with Gasteiger partial charge in [0.15, 0.2) is 0 Å². The molecular weight excluding hydrogens is 492 g/mol. The monoisotopic (exact) mass is 508 g/mol. The fourth-order valence-electron chi connectivity index (χ4n) is 2.16. The number of rotatable bonds is 11. The summed E-state index contributed by atoms with van der Waals surface area (Å²) in [6.45, 7) is -1.64. The lowest BCUT2D eigenvalue weighted by Gasteiger charge is -2.08. The highest BCUT2D eigenvalue weighted by atomic mass is 16.8. The molecular formula is C20H16N2O14. The Morgan fingerprint density at radius 1 is 0.583 bits per heavy atom. The average Bonchev–Trinajstić information content (AvgIpc) is 2.83. The number of nitro groups is 2. The summed E-state index contributed by atoms with van der Waals surface area (Å²) >= 11 is 0. The van der Waals surface area contributed by atoms with Gasteiger partial charge in [-0.05, 0) is 24.3 Å². The van der Waals surface area contributed by atoms with E-state index in [2.05, 4.69) is 18.9 Å². The van der Waals surface area contributed by atoms with Gasteiger partial charge in [0.1, 0.15) is 11.5 Å². The SMILES string of the molecule is O=C(CCC(=O)OCOC(=O)Oc1ccc([N+](=O)[O-])cc1)OCOC(=O)Oc1ccc([N+](=O)[O-])cc1. The van der Waals surface area contributed by atoms with Crippen LogP contribution in [0, 0.1) is 20.2 Å². The fraction of sp³-hybridized carbons (Fsp3) is 0.200. The molecule has 16 nitrogen and oxygen atoms in total. The van der Waals surface area contributed by atoms with E-state index in [4.69, 9.17) is 9.47 Å². The molecule has 0 saturated carbocycles. The molecule has 36 heavy (non-hydrogen) atoms. The Kier molecular flexibility index (Phi) is 10.1. The highest BCUT2D eigenvalue weighted by molar-refractivity contribution is 5.77. The van der Waals surface area contributed by atoms with Gasteiger partial charge < -0.3 is 28.4 Å². The second-order valence-electron chi connectivity index (χ2n) is 6.26. The Labute approximate surface area is 200 Å². The smallest absolute Gasteiger partial charge is 0.428 e. The highest BCUT2D eigenvalue weighted by Crippen LogP contribution is 2.18. The van der Waals surface area contributed by atoms with E-state index >= 15 is 0 Å². The van der Waals surface area contributed by atoms with E-state index in [1.165, 1.54) is 0 Å². The maximum Gasteiger partial charge on any atom is 0.516 e. The number of ether oxygens (including phenoxy) is 6. The Hall–Kier alpha value is -5.28. The van der Waals surface area contributed by atoms with E-state index in [9.17, 15) is 39.4 Å². The second-order valence-corrected chi connectivity index (χ2v) is 6.26. The van der Waals surface area contributed by atoms with Crippen LogP contribution in [0.3, 0.4) is 0 Å². The molecule has 0 heterocycles. The lowest BCUT2D eigenvalue weighted by atomic mass is 10.3. The molecule has 0 spiro atoms. The zero-order valence-electron chi connectivity index (χ0n) is 18.1. The first-order chi connectivity index (χ1) is 17.1. The molecule has 0 unspecified atom stereocenters. The van der Waals surface area contributed by atoms with Crippen molar-refractivity contribution in [1.82, 2.24) is 0 Å². The molecule has 0 N–H and O–H groups in total. The third-order valence-electron chi connectivity index (χ3n) is 3.82. The first kappa shape index (κ1) is 27.0. The van der Waals surface area contributed by atoms with E-state index in [1.807, 2.05) is 0 Å². The Morgan fingerprint density at radius 2 is 0.917 bits per heavy atom. The van der Waals surface area contributed by atoms with Gasteiger partial charge in [-0.3, -0.25) is 29.8 Å². The van der Waals surface area contributed by atoms with E-state index in [1.54, 1.807) is 0 Å². The number of hydrogen-bond donors (Lipinski definition) is 0. The van der Waals surface area contributed by atoms with Crippen molar-refractivity contribution in [1.29, 1.82) is 0 Å². The third-order valence-corrected chi connectivity index (χ3v) is 3.82. The van der Waals surface area contributed by atoms with E-state index in [0.29, 0.717) is 0 Å². The minimum absolute atomic E-state index is 0.0430. The molecule has 0 aliphatic heterocycles. The Bertz CT molecular complexity index is 1020. The van der Waals surface area contributed by atoms with E-state index < -0.39 is 60.5 Å². The van der Waals surface area contributed by atoms with Crippen LogP contribution in [-0.2, 0) is 28.5 Å². The summed E-state index contributed by atoms with van der Waals surface area (Å²) in [5, 5.41) is 21.1. The van der Waals surface area contributed by atoms with Gasteiger partial charge in [0, 0.05) is 24.3 Å². The minimum atomic E-state index is -1.24. The van der Waals surface area contributed by atoms with Crippen LogP contribution in [0.1, 0.15) is 12.8 Å². The van der Waals surface area contributed by atoms with Crippen molar-refractivity contribution >= 4 is 35.6 Å². The first-order valence-corrected chi connectivity index (χ1v) is 9.63. The Morgan fingerprint density at radius 3 is 1.22 bits per heavy atom. The van der Waals surface area contributed by atoms with Crippen LogP contribution < -0.4 is 9.47 Å². The van der Waals surface area contributed by atoms with E-state index in [-0.39, 0.29) is 22.9 Å². The summed E-state index contributed by atoms with van der Waals surface area (Å²) in [5.41, 5.74) is -0.422. The van der Waals surface area contributed by atoms with Crippen molar-refractivity contribution in [2.45, 2.75) is 12.8 Å². The lowest BCUT2D eigenvalue weighted by molar-refractivity contribution is -0.385. The van der Waals surface area contributed by atoms with Crippen LogP contribution >= 0.6 is 0 Å². The number of nitro benzene ring substituents is 2. The molecule has 0 aliphatic carbocycles. The van der Waals surface area contributed by atoms with Gasteiger partial charge in [0.25, 0.3) is 11.4 Å². The molecule has 0 fully saturated rings. The molecule has 190 valence electrons. The first-order valence-electron chi connectivity index (χ1n) is 9.63. The molecule has 0 saturated heterocycles. The van der Waals surface area contributed by atoms with Crippen molar-refractivity contribution in [2.75, 3.05) is 13.6 Å². The number of hydrogen-bond acceptors (Lipinski definition) is 14. The number of esters is 2.